The molecule has 2 aromatic rings. The van der Waals surface area contributed by atoms with E-state index in [1.54, 1.807) is 6.20 Å². The van der Waals surface area contributed by atoms with Crippen molar-refractivity contribution in [2.75, 3.05) is 0 Å². The SMILES string of the molecule is Cc1cc[n+](C=C([O-])c2ccccc2)c(C)c1. The number of pyridine rings is 1. The molecule has 0 amide bonds. The molecule has 0 fully saturated rings. The molecule has 17 heavy (non-hydrogen) atoms. The summed E-state index contributed by atoms with van der Waals surface area (Å²) in [7, 11) is 0. The summed E-state index contributed by atoms with van der Waals surface area (Å²) in [5.74, 6) is 0.0163. The monoisotopic (exact) mass is 225 g/mol. The van der Waals surface area contributed by atoms with Gasteiger partial charge in [0.05, 0.1) is 0 Å². The third-order valence-corrected chi connectivity index (χ3v) is 2.66. The van der Waals surface area contributed by atoms with Crippen molar-refractivity contribution in [1.82, 2.24) is 0 Å². The van der Waals surface area contributed by atoms with Crippen molar-refractivity contribution < 1.29 is 9.67 Å². The first-order valence-electron chi connectivity index (χ1n) is 5.59. The van der Waals surface area contributed by atoms with Crippen molar-refractivity contribution in [2.24, 2.45) is 0 Å². The normalized spacial score (nSPS) is 11.5. The van der Waals surface area contributed by atoms with Gasteiger partial charge in [-0.3, -0.25) is 0 Å². The highest BCUT2D eigenvalue weighted by Gasteiger charge is 2.02. The number of aromatic nitrogens is 1. The summed E-state index contributed by atoms with van der Waals surface area (Å²) in [6.07, 6.45) is 3.52. The fourth-order valence-electron chi connectivity index (χ4n) is 1.72. The molecule has 0 aliphatic carbocycles. The summed E-state index contributed by atoms with van der Waals surface area (Å²) in [6, 6.07) is 13.3. The molecular formula is C15H15NO. The molecule has 0 aliphatic heterocycles. The zero-order valence-electron chi connectivity index (χ0n) is 10.1. The predicted octanol–water partition coefficient (Wildman–Crippen LogP) is 1.91. The van der Waals surface area contributed by atoms with Crippen LogP contribution in [0.2, 0.25) is 0 Å². The van der Waals surface area contributed by atoms with Crippen LogP contribution in [0.1, 0.15) is 16.8 Å². The molecule has 0 radical (unpaired) electrons. The number of benzene rings is 1. The van der Waals surface area contributed by atoms with Gasteiger partial charge in [0.15, 0.2) is 18.1 Å². The summed E-state index contributed by atoms with van der Waals surface area (Å²) < 4.78 is 1.85. The van der Waals surface area contributed by atoms with E-state index in [0.717, 1.165) is 5.69 Å². The molecule has 1 aromatic carbocycles. The van der Waals surface area contributed by atoms with E-state index < -0.39 is 0 Å². The number of aryl methyl sites for hydroxylation is 2. The minimum absolute atomic E-state index is 0.0163. The van der Waals surface area contributed by atoms with Gasteiger partial charge in [0.25, 0.3) is 0 Å². The maximum absolute atomic E-state index is 12.0. The highest BCUT2D eigenvalue weighted by molar-refractivity contribution is 5.64. The molecule has 0 unspecified atom stereocenters. The van der Waals surface area contributed by atoms with Crippen LogP contribution in [0, 0.1) is 13.8 Å². The van der Waals surface area contributed by atoms with E-state index in [4.69, 9.17) is 0 Å². The lowest BCUT2D eigenvalue weighted by atomic mass is 10.2. The fourth-order valence-corrected chi connectivity index (χ4v) is 1.72. The Hall–Kier alpha value is -2.09. The molecule has 0 bridgehead atoms. The average Bonchev–Trinajstić information content (AvgIpc) is 2.34. The van der Waals surface area contributed by atoms with Crippen LogP contribution in [-0.4, -0.2) is 0 Å². The Morgan fingerprint density at radius 2 is 1.82 bits per heavy atom. The summed E-state index contributed by atoms with van der Waals surface area (Å²) in [5, 5.41) is 12.0. The van der Waals surface area contributed by atoms with E-state index in [9.17, 15) is 5.11 Å². The van der Waals surface area contributed by atoms with E-state index in [2.05, 4.69) is 6.07 Å². The highest BCUT2D eigenvalue weighted by Crippen LogP contribution is 2.07. The zero-order valence-corrected chi connectivity index (χ0v) is 10.1. The Bertz CT molecular complexity index is 544. The third kappa shape index (κ3) is 2.72. The van der Waals surface area contributed by atoms with Gasteiger partial charge in [-0.1, -0.05) is 30.3 Å². The van der Waals surface area contributed by atoms with Crippen LogP contribution in [0.15, 0.2) is 48.7 Å². The molecule has 0 aliphatic rings. The standard InChI is InChI=1S/C15H15NO/c1-12-8-9-16(13(2)10-12)11-15(17)14-6-4-3-5-7-14/h3-11H,1-2H3. The molecule has 0 saturated carbocycles. The maximum atomic E-state index is 12.0. The second-order valence-corrected chi connectivity index (χ2v) is 4.11. The molecule has 1 heterocycles. The quantitative estimate of drug-likeness (QED) is 0.566. The van der Waals surface area contributed by atoms with Crippen LogP contribution >= 0.6 is 0 Å². The third-order valence-electron chi connectivity index (χ3n) is 2.66. The Morgan fingerprint density at radius 3 is 2.47 bits per heavy atom. The van der Waals surface area contributed by atoms with Gasteiger partial charge >= 0.3 is 0 Å². The van der Waals surface area contributed by atoms with Gasteiger partial charge in [-0.25, -0.2) is 0 Å². The summed E-state index contributed by atoms with van der Waals surface area (Å²) in [4.78, 5) is 0. The molecule has 2 rings (SSSR count). The average molecular weight is 225 g/mol. The molecular weight excluding hydrogens is 210 g/mol. The lowest BCUT2D eigenvalue weighted by Crippen LogP contribution is -2.31. The second-order valence-electron chi connectivity index (χ2n) is 4.11. The van der Waals surface area contributed by atoms with E-state index in [0.29, 0.717) is 5.56 Å². The van der Waals surface area contributed by atoms with Gasteiger partial charge in [-0.2, -0.15) is 4.57 Å². The summed E-state index contributed by atoms with van der Waals surface area (Å²) >= 11 is 0. The zero-order chi connectivity index (χ0) is 12.3. The van der Waals surface area contributed by atoms with Crippen molar-refractivity contribution in [3.8, 4) is 0 Å². The van der Waals surface area contributed by atoms with Gasteiger partial charge in [0.2, 0.25) is 0 Å². The van der Waals surface area contributed by atoms with E-state index in [-0.39, 0.29) is 5.76 Å². The molecule has 0 N–H and O–H groups in total. The molecule has 0 spiro atoms. The van der Waals surface area contributed by atoms with Crippen LogP contribution in [0.25, 0.3) is 12.0 Å². The van der Waals surface area contributed by atoms with Crippen molar-refractivity contribution in [3.05, 3.63) is 65.5 Å². The minimum atomic E-state index is 0.0163. The van der Waals surface area contributed by atoms with Crippen LogP contribution in [0.4, 0.5) is 0 Å². The van der Waals surface area contributed by atoms with Crippen molar-refractivity contribution in [2.45, 2.75) is 13.8 Å². The molecule has 0 atom stereocenters. The highest BCUT2D eigenvalue weighted by atomic mass is 16.3. The van der Waals surface area contributed by atoms with Crippen molar-refractivity contribution in [3.63, 3.8) is 0 Å². The van der Waals surface area contributed by atoms with Crippen molar-refractivity contribution in [1.29, 1.82) is 0 Å². The van der Waals surface area contributed by atoms with Gasteiger partial charge in [-0.05, 0) is 23.8 Å². The minimum Gasteiger partial charge on any atom is -0.868 e. The molecule has 0 saturated heterocycles. The topological polar surface area (TPSA) is 26.9 Å². The molecule has 2 heteroatoms. The fraction of sp³-hybridized carbons (Fsp3) is 0.133. The van der Waals surface area contributed by atoms with Crippen LogP contribution in [0.5, 0.6) is 0 Å². The van der Waals surface area contributed by atoms with Crippen LogP contribution in [-0.2, 0) is 0 Å². The van der Waals surface area contributed by atoms with E-state index in [1.165, 1.54) is 5.56 Å². The number of nitrogens with zero attached hydrogens (tertiary/aromatic N) is 1. The molecule has 86 valence electrons. The van der Waals surface area contributed by atoms with Crippen molar-refractivity contribution >= 4 is 12.0 Å². The Labute approximate surface area is 101 Å². The van der Waals surface area contributed by atoms with Gasteiger partial charge in [0, 0.05) is 19.1 Å². The number of hydrogen-bond acceptors (Lipinski definition) is 1. The van der Waals surface area contributed by atoms with Crippen LogP contribution in [0.3, 0.4) is 0 Å². The van der Waals surface area contributed by atoms with E-state index in [1.807, 2.05) is 61.0 Å². The van der Waals surface area contributed by atoms with Crippen LogP contribution < -0.4 is 9.67 Å². The Kier molecular flexibility index (Phi) is 3.24. The second kappa shape index (κ2) is 4.83. The summed E-state index contributed by atoms with van der Waals surface area (Å²) in [6.45, 7) is 4.03. The first kappa shape index (κ1) is 11.4. The molecule has 1 aromatic heterocycles. The largest absolute Gasteiger partial charge is 0.868 e. The summed E-state index contributed by atoms with van der Waals surface area (Å²) in [5.41, 5.74) is 2.95. The van der Waals surface area contributed by atoms with Gasteiger partial charge in [0.1, 0.15) is 0 Å². The smallest absolute Gasteiger partial charge is 0.184 e. The number of hydrogen-bond donors (Lipinski definition) is 0. The van der Waals surface area contributed by atoms with Gasteiger partial charge < -0.3 is 5.11 Å². The Balaban J connectivity index is 2.36. The first-order valence-corrected chi connectivity index (χ1v) is 5.59. The lowest BCUT2D eigenvalue weighted by molar-refractivity contribution is -0.577. The predicted molar refractivity (Wildman–Crippen MR) is 66.7 cm³/mol. The molecule has 2 nitrogen and oxygen atoms in total. The Morgan fingerprint density at radius 1 is 1.12 bits per heavy atom. The number of rotatable bonds is 2. The first-order chi connectivity index (χ1) is 8.16. The maximum Gasteiger partial charge on any atom is 0.184 e. The van der Waals surface area contributed by atoms with E-state index >= 15 is 0 Å². The lowest BCUT2D eigenvalue weighted by Gasteiger charge is -2.09. The van der Waals surface area contributed by atoms with Gasteiger partial charge in [-0.15, -0.1) is 0 Å².